The Morgan fingerprint density at radius 2 is 1.88 bits per heavy atom. The Kier molecular flexibility index (Phi) is 6.24. The Labute approximate surface area is 244 Å². The lowest BCUT2D eigenvalue weighted by molar-refractivity contribution is -0.385. The molecule has 0 unspecified atom stereocenters. The number of para-hydroxylation sites is 1. The van der Waals surface area contributed by atoms with E-state index in [0.717, 1.165) is 35.2 Å². The summed E-state index contributed by atoms with van der Waals surface area (Å²) >= 11 is 1.32. The molecule has 0 saturated heterocycles. The van der Waals surface area contributed by atoms with Gasteiger partial charge >= 0.3 is 0 Å². The van der Waals surface area contributed by atoms with Gasteiger partial charge in [-0.25, -0.2) is 4.99 Å². The van der Waals surface area contributed by atoms with Gasteiger partial charge in [0.2, 0.25) is 0 Å². The number of nitro benzene ring substituents is 1. The van der Waals surface area contributed by atoms with Crippen molar-refractivity contribution in [3.05, 3.63) is 142 Å². The van der Waals surface area contributed by atoms with Gasteiger partial charge in [0.15, 0.2) is 4.80 Å². The maximum atomic E-state index is 14.1. The van der Waals surface area contributed by atoms with Crippen molar-refractivity contribution in [2.24, 2.45) is 4.99 Å². The van der Waals surface area contributed by atoms with Gasteiger partial charge in [-0.1, -0.05) is 65.9 Å². The smallest absolute Gasteiger partial charge is 0.273 e. The molecule has 208 valence electrons. The van der Waals surface area contributed by atoms with Crippen molar-refractivity contribution in [3.63, 3.8) is 0 Å². The number of nitrogens with zero attached hydrogens (tertiary/aromatic N) is 3. The Balaban J connectivity index is 1.39. The van der Waals surface area contributed by atoms with Gasteiger partial charge in [0.05, 0.1) is 28.3 Å². The van der Waals surface area contributed by atoms with E-state index in [1.54, 1.807) is 48.9 Å². The van der Waals surface area contributed by atoms with E-state index in [0.29, 0.717) is 37.7 Å². The van der Waals surface area contributed by atoms with Gasteiger partial charge in [0.25, 0.3) is 11.2 Å². The predicted octanol–water partition coefficient (Wildman–Crippen LogP) is 5.80. The number of fused-ring (bicyclic) bond motifs is 3. The molecule has 3 heterocycles. The maximum Gasteiger partial charge on any atom is 0.273 e. The first kappa shape index (κ1) is 25.9. The molecule has 3 aromatic carbocycles. The molecule has 0 radical (unpaired) electrons. The SMILES string of the molecule is COc1ccccc1[C@@H]1C2=C(N=c3s/c(=C/c4ccc(-c5ccc(C)c([N+](=O)[O-])c5)o4)c(=O)n31)c1ccccc1CC2. The number of rotatable bonds is 5. The van der Waals surface area contributed by atoms with Crippen molar-refractivity contribution in [1.82, 2.24) is 4.57 Å². The number of ether oxygens (including phenoxy) is 1. The monoisotopic (exact) mass is 575 g/mol. The molecular weight excluding hydrogens is 550 g/mol. The molecule has 42 heavy (non-hydrogen) atoms. The predicted molar refractivity (Wildman–Crippen MR) is 161 cm³/mol. The van der Waals surface area contributed by atoms with Crippen LogP contribution < -0.4 is 19.6 Å². The molecule has 1 aliphatic heterocycles. The number of methoxy groups -OCH3 is 1. The molecular formula is C33H25N3O5S. The van der Waals surface area contributed by atoms with Crippen molar-refractivity contribution in [2.45, 2.75) is 25.8 Å². The van der Waals surface area contributed by atoms with Crippen LogP contribution in [-0.2, 0) is 6.42 Å². The van der Waals surface area contributed by atoms with Crippen LogP contribution in [0.1, 0.15) is 40.5 Å². The van der Waals surface area contributed by atoms with E-state index in [1.165, 1.54) is 23.0 Å². The second kappa shape index (κ2) is 10.1. The first-order valence-corrected chi connectivity index (χ1v) is 14.4. The standard InChI is InChI=1S/C33H25N3O5S/c1-19-11-12-21(17-26(19)36(38)39)27-16-14-22(41-27)18-29-32(37)35-31(24-9-5-6-10-28(24)40-2)25-15-13-20-7-3-4-8-23(20)30(25)34-33(35)42-29/h3-12,14,16-18,31H,13,15H2,1-2H3/b29-18+/t31-/m1/s1. The summed E-state index contributed by atoms with van der Waals surface area (Å²) in [6, 6.07) is 24.3. The highest BCUT2D eigenvalue weighted by Crippen LogP contribution is 2.43. The lowest BCUT2D eigenvalue weighted by Crippen LogP contribution is -2.38. The zero-order valence-electron chi connectivity index (χ0n) is 22.9. The number of hydrogen-bond acceptors (Lipinski definition) is 7. The van der Waals surface area contributed by atoms with Crippen LogP contribution in [0, 0.1) is 17.0 Å². The Bertz CT molecular complexity index is 2120. The third kappa shape index (κ3) is 4.21. The first-order valence-electron chi connectivity index (χ1n) is 13.5. The van der Waals surface area contributed by atoms with E-state index in [2.05, 4.69) is 12.1 Å². The van der Waals surface area contributed by atoms with Crippen molar-refractivity contribution >= 4 is 28.8 Å². The highest BCUT2D eigenvalue weighted by atomic mass is 32.1. The third-order valence-corrected chi connectivity index (χ3v) is 8.88. The minimum Gasteiger partial charge on any atom is -0.496 e. The van der Waals surface area contributed by atoms with Crippen LogP contribution in [-0.4, -0.2) is 16.6 Å². The topological polar surface area (TPSA) is 99.9 Å². The number of furan rings is 1. The van der Waals surface area contributed by atoms with Crippen LogP contribution in [0.5, 0.6) is 5.75 Å². The minimum absolute atomic E-state index is 0.0284. The molecule has 5 aromatic rings. The number of allylic oxidation sites excluding steroid dienone is 1. The molecule has 0 fully saturated rings. The van der Waals surface area contributed by atoms with E-state index in [9.17, 15) is 14.9 Å². The summed E-state index contributed by atoms with van der Waals surface area (Å²) in [6.45, 7) is 1.70. The highest BCUT2D eigenvalue weighted by molar-refractivity contribution is 7.07. The van der Waals surface area contributed by atoms with Gasteiger partial charge in [-0.3, -0.25) is 19.5 Å². The van der Waals surface area contributed by atoms with E-state index < -0.39 is 4.92 Å². The molecule has 1 atom stereocenters. The normalized spacial score (nSPS) is 16.0. The lowest BCUT2D eigenvalue weighted by Gasteiger charge is -2.31. The second-order valence-corrected chi connectivity index (χ2v) is 11.3. The Morgan fingerprint density at radius 1 is 1.07 bits per heavy atom. The van der Waals surface area contributed by atoms with Gasteiger partial charge in [0, 0.05) is 34.4 Å². The van der Waals surface area contributed by atoms with Crippen molar-refractivity contribution in [1.29, 1.82) is 0 Å². The summed E-state index contributed by atoms with van der Waals surface area (Å²) in [5.41, 5.74) is 6.31. The second-order valence-electron chi connectivity index (χ2n) is 10.3. The maximum absolute atomic E-state index is 14.1. The molecule has 0 spiro atoms. The molecule has 9 heteroatoms. The fourth-order valence-corrected chi connectivity index (χ4v) is 6.85. The molecule has 0 saturated carbocycles. The van der Waals surface area contributed by atoms with Crippen LogP contribution in [0.4, 0.5) is 5.69 Å². The van der Waals surface area contributed by atoms with Gasteiger partial charge in [-0.05, 0) is 49.1 Å². The number of benzene rings is 3. The summed E-state index contributed by atoms with van der Waals surface area (Å²) in [5, 5.41) is 11.4. The van der Waals surface area contributed by atoms with E-state index in [1.807, 2.05) is 36.4 Å². The molecule has 2 aromatic heterocycles. The number of aryl methyl sites for hydroxylation is 2. The molecule has 7 rings (SSSR count). The van der Waals surface area contributed by atoms with Crippen LogP contribution in [0.3, 0.4) is 0 Å². The Morgan fingerprint density at radius 3 is 2.71 bits per heavy atom. The number of nitro groups is 1. The summed E-state index contributed by atoms with van der Waals surface area (Å²) in [5.74, 6) is 1.67. The molecule has 8 nitrogen and oxygen atoms in total. The number of aromatic nitrogens is 1. The molecule has 2 aliphatic rings. The van der Waals surface area contributed by atoms with Gasteiger partial charge in [-0.2, -0.15) is 0 Å². The largest absolute Gasteiger partial charge is 0.496 e. The first-order chi connectivity index (χ1) is 20.4. The average molecular weight is 576 g/mol. The summed E-state index contributed by atoms with van der Waals surface area (Å²) in [4.78, 5) is 30.7. The summed E-state index contributed by atoms with van der Waals surface area (Å²) in [6.07, 6.45) is 3.37. The van der Waals surface area contributed by atoms with Crippen molar-refractivity contribution in [2.75, 3.05) is 7.11 Å². The minimum atomic E-state index is -0.403. The highest BCUT2D eigenvalue weighted by Gasteiger charge is 2.34. The van der Waals surface area contributed by atoms with Gasteiger partial charge in [0.1, 0.15) is 17.3 Å². The van der Waals surface area contributed by atoms with E-state index >= 15 is 0 Å². The summed E-state index contributed by atoms with van der Waals surface area (Å²) in [7, 11) is 1.64. The van der Waals surface area contributed by atoms with Crippen LogP contribution in [0.25, 0.3) is 23.1 Å². The van der Waals surface area contributed by atoms with Crippen molar-refractivity contribution < 1.29 is 14.1 Å². The summed E-state index contributed by atoms with van der Waals surface area (Å²) < 4.78 is 14.0. The van der Waals surface area contributed by atoms with Gasteiger partial charge < -0.3 is 9.15 Å². The fourth-order valence-electron chi connectivity index (χ4n) is 5.87. The van der Waals surface area contributed by atoms with Crippen LogP contribution in [0.2, 0.25) is 0 Å². The van der Waals surface area contributed by atoms with Crippen LogP contribution in [0.15, 0.2) is 98.6 Å². The van der Waals surface area contributed by atoms with Gasteiger partial charge in [-0.15, -0.1) is 0 Å². The van der Waals surface area contributed by atoms with Crippen LogP contribution >= 0.6 is 11.3 Å². The quantitative estimate of drug-likeness (QED) is 0.195. The average Bonchev–Trinajstić information content (AvgIpc) is 3.60. The Hall–Kier alpha value is -5.02. The molecule has 0 bridgehead atoms. The molecule has 0 amide bonds. The fraction of sp³-hybridized carbons (Fsp3) is 0.152. The van der Waals surface area contributed by atoms with Crippen molar-refractivity contribution in [3.8, 4) is 17.1 Å². The zero-order chi connectivity index (χ0) is 29.0. The third-order valence-electron chi connectivity index (χ3n) is 7.90. The van der Waals surface area contributed by atoms with E-state index in [4.69, 9.17) is 14.1 Å². The molecule has 1 aliphatic carbocycles. The van der Waals surface area contributed by atoms with E-state index in [-0.39, 0.29) is 17.3 Å². The number of thiazole rings is 1. The zero-order valence-corrected chi connectivity index (χ0v) is 23.7. The number of hydrogen-bond donors (Lipinski definition) is 0. The molecule has 0 N–H and O–H groups in total. The lowest BCUT2D eigenvalue weighted by atomic mass is 9.83.